The van der Waals surface area contributed by atoms with Gasteiger partial charge in [0, 0.05) is 45.2 Å². The molecule has 1 saturated carbocycles. The topological polar surface area (TPSA) is 69.6 Å². The predicted molar refractivity (Wildman–Crippen MR) is 147 cm³/mol. The number of piperidine rings is 1. The smallest absolute Gasteiger partial charge is 0.257 e. The van der Waals surface area contributed by atoms with Crippen molar-refractivity contribution < 1.29 is 14.0 Å². The van der Waals surface area contributed by atoms with Gasteiger partial charge < -0.3 is 14.7 Å². The van der Waals surface area contributed by atoms with Crippen LogP contribution in [-0.2, 0) is 10.2 Å². The van der Waals surface area contributed by atoms with E-state index >= 15 is 0 Å². The second-order valence-corrected chi connectivity index (χ2v) is 12.4. The molecule has 3 aliphatic heterocycles. The summed E-state index contributed by atoms with van der Waals surface area (Å²) in [4.78, 5) is 41.2. The summed E-state index contributed by atoms with van der Waals surface area (Å²) < 4.78 is 14.3. The number of carbonyl (C=O) groups is 2. The summed E-state index contributed by atoms with van der Waals surface area (Å²) in [5.74, 6) is 1.38. The molecule has 2 aromatic rings. The molecule has 4 heterocycles. The molecule has 7 nitrogen and oxygen atoms in total. The van der Waals surface area contributed by atoms with Crippen LogP contribution in [-0.4, -0.2) is 82.3 Å². The maximum absolute atomic E-state index is 14.3. The Labute approximate surface area is 230 Å². The molecule has 0 spiro atoms. The minimum Gasteiger partial charge on any atom is -0.342 e. The van der Waals surface area contributed by atoms with Crippen LogP contribution < -0.4 is 0 Å². The van der Waals surface area contributed by atoms with Crippen LogP contribution in [0.3, 0.4) is 0 Å². The molecule has 1 aromatic heterocycles. The molecule has 2 unspecified atom stereocenters. The van der Waals surface area contributed by atoms with E-state index in [4.69, 9.17) is 0 Å². The van der Waals surface area contributed by atoms with Crippen molar-refractivity contribution in [3.8, 4) is 0 Å². The van der Waals surface area contributed by atoms with Crippen LogP contribution in [0, 0.1) is 37.4 Å². The average molecular weight is 534 g/mol. The molecule has 2 atom stereocenters. The first-order valence-electron chi connectivity index (χ1n) is 14.7. The van der Waals surface area contributed by atoms with Crippen molar-refractivity contribution in [1.29, 1.82) is 0 Å². The fourth-order valence-corrected chi connectivity index (χ4v) is 7.44. The first kappa shape index (κ1) is 26.4. The molecule has 0 bridgehead atoms. The quantitative estimate of drug-likeness (QED) is 0.562. The number of benzene rings is 1. The summed E-state index contributed by atoms with van der Waals surface area (Å²) in [6, 6.07) is 7.13. The fourth-order valence-electron chi connectivity index (χ4n) is 7.44. The lowest BCUT2D eigenvalue weighted by Crippen LogP contribution is -2.49. The zero-order valence-electron chi connectivity index (χ0n) is 23.2. The van der Waals surface area contributed by atoms with Crippen molar-refractivity contribution in [2.24, 2.45) is 17.8 Å². The predicted octanol–water partition coefficient (Wildman–Crippen LogP) is 3.99. The SMILES string of the molecule is Cc1ncnc(C)c1C(=O)N1CC2CN(CCC3(c4cccc(F)c4)CCN(C(=O)C4CCC4)CC3)CC2C1. The maximum Gasteiger partial charge on any atom is 0.257 e. The van der Waals surface area contributed by atoms with E-state index in [1.54, 1.807) is 6.07 Å². The molecule has 3 saturated heterocycles. The first-order valence-corrected chi connectivity index (χ1v) is 14.7. The minimum absolute atomic E-state index is 0.0554. The van der Waals surface area contributed by atoms with Crippen LogP contribution in [0.25, 0.3) is 0 Å². The number of aryl methyl sites for hydroxylation is 2. The van der Waals surface area contributed by atoms with Gasteiger partial charge in [-0.3, -0.25) is 9.59 Å². The van der Waals surface area contributed by atoms with E-state index in [9.17, 15) is 14.0 Å². The van der Waals surface area contributed by atoms with Crippen molar-refractivity contribution in [1.82, 2.24) is 24.7 Å². The van der Waals surface area contributed by atoms with Crippen molar-refractivity contribution in [2.45, 2.75) is 57.8 Å². The average Bonchev–Trinajstić information content (AvgIpc) is 3.46. The first-order chi connectivity index (χ1) is 18.8. The zero-order chi connectivity index (χ0) is 27.1. The molecule has 0 N–H and O–H groups in total. The number of carbonyl (C=O) groups excluding carboxylic acids is 2. The van der Waals surface area contributed by atoms with Gasteiger partial charge in [0.05, 0.1) is 17.0 Å². The van der Waals surface area contributed by atoms with Gasteiger partial charge in [0.1, 0.15) is 12.1 Å². The highest BCUT2D eigenvalue weighted by molar-refractivity contribution is 5.96. The highest BCUT2D eigenvalue weighted by Gasteiger charge is 2.44. The van der Waals surface area contributed by atoms with Crippen LogP contribution >= 0.6 is 0 Å². The zero-order valence-corrected chi connectivity index (χ0v) is 23.2. The minimum atomic E-state index is -0.186. The van der Waals surface area contributed by atoms with Gasteiger partial charge >= 0.3 is 0 Å². The van der Waals surface area contributed by atoms with E-state index in [1.165, 1.54) is 18.8 Å². The van der Waals surface area contributed by atoms with Gasteiger partial charge in [-0.25, -0.2) is 14.4 Å². The van der Waals surface area contributed by atoms with Gasteiger partial charge in [0.15, 0.2) is 0 Å². The summed E-state index contributed by atoms with van der Waals surface area (Å²) in [5, 5.41) is 0. The monoisotopic (exact) mass is 533 g/mol. The second kappa shape index (κ2) is 10.6. The number of amides is 2. The van der Waals surface area contributed by atoms with Gasteiger partial charge in [-0.05, 0) is 87.4 Å². The summed E-state index contributed by atoms with van der Waals surface area (Å²) in [6.07, 6.45) is 7.48. The number of fused-ring (bicyclic) bond motifs is 1. The van der Waals surface area contributed by atoms with Crippen LogP contribution in [0.2, 0.25) is 0 Å². The van der Waals surface area contributed by atoms with Gasteiger partial charge in [-0.1, -0.05) is 18.6 Å². The Bertz CT molecular complexity index is 1200. The fraction of sp³-hybridized carbons (Fsp3) is 0.613. The number of nitrogens with zero attached hydrogens (tertiary/aromatic N) is 5. The number of halogens is 1. The molecule has 39 heavy (non-hydrogen) atoms. The van der Waals surface area contributed by atoms with Crippen LogP contribution in [0.1, 0.15) is 65.8 Å². The highest BCUT2D eigenvalue weighted by atomic mass is 19.1. The molecule has 6 rings (SSSR count). The van der Waals surface area contributed by atoms with Crippen molar-refractivity contribution in [3.05, 3.63) is 58.9 Å². The largest absolute Gasteiger partial charge is 0.342 e. The van der Waals surface area contributed by atoms with Gasteiger partial charge in [-0.15, -0.1) is 0 Å². The Morgan fingerprint density at radius 3 is 2.23 bits per heavy atom. The van der Waals surface area contributed by atoms with Crippen LogP contribution in [0.15, 0.2) is 30.6 Å². The van der Waals surface area contributed by atoms with E-state index in [2.05, 4.69) is 25.8 Å². The molecule has 0 radical (unpaired) electrons. The Kier molecular flexibility index (Phi) is 7.16. The summed E-state index contributed by atoms with van der Waals surface area (Å²) in [6.45, 7) is 9.77. The van der Waals surface area contributed by atoms with E-state index in [-0.39, 0.29) is 23.1 Å². The normalized spacial score (nSPS) is 25.0. The Balaban J connectivity index is 1.08. The standard InChI is InChI=1S/C31H40FN5O2/c1-21-28(22(2)34-20-33-21)30(39)37-18-24-16-35(17-25(24)19-37)12-9-31(26-7-4-8-27(32)15-26)10-13-36(14-11-31)29(38)23-5-3-6-23/h4,7-8,15,20,23-25H,3,5-6,9-14,16-19H2,1-2H3. The molecule has 208 valence electrons. The lowest BCUT2D eigenvalue weighted by Gasteiger charge is -2.44. The molecule has 2 amide bonds. The third-order valence-electron chi connectivity index (χ3n) is 10.1. The number of likely N-dealkylation sites (tertiary alicyclic amines) is 3. The van der Waals surface area contributed by atoms with E-state index in [1.807, 2.05) is 24.8 Å². The third-order valence-corrected chi connectivity index (χ3v) is 10.1. The molecule has 8 heteroatoms. The Morgan fingerprint density at radius 1 is 0.974 bits per heavy atom. The Hall–Kier alpha value is -2.87. The van der Waals surface area contributed by atoms with E-state index < -0.39 is 0 Å². The maximum atomic E-state index is 14.3. The van der Waals surface area contributed by atoms with Crippen molar-refractivity contribution in [2.75, 3.05) is 45.8 Å². The molecule has 1 aromatic carbocycles. The second-order valence-electron chi connectivity index (χ2n) is 12.4. The highest BCUT2D eigenvalue weighted by Crippen LogP contribution is 2.41. The molecular weight excluding hydrogens is 493 g/mol. The van der Waals surface area contributed by atoms with Crippen molar-refractivity contribution >= 4 is 11.8 Å². The van der Waals surface area contributed by atoms with Crippen LogP contribution in [0.4, 0.5) is 4.39 Å². The third kappa shape index (κ3) is 5.08. The number of aromatic nitrogens is 2. The Morgan fingerprint density at radius 2 is 1.64 bits per heavy atom. The number of hydrogen-bond donors (Lipinski definition) is 0. The lowest BCUT2D eigenvalue weighted by molar-refractivity contribution is -0.139. The van der Waals surface area contributed by atoms with E-state index in [0.29, 0.717) is 23.3 Å². The summed E-state index contributed by atoms with van der Waals surface area (Å²) in [5.41, 5.74) is 3.10. The lowest BCUT2D eigenvalue weighted by atomic mass is 9.70. The van der Waals surface area contributed by atoms with Crippen LogP contribution in [0.5, 0.6) is 0 Å². The molecule has 4 fully saturated rings. The van der Waals surface area contributed by atoms with Gasteiger partial charge in [0.2, 0.25) is 5.91 Å². The number of hydrogen-bond acceptors (Lipinski definition) is 5. The summed E-state index contributed by atoms with van der Waals surface area (Å²) >= 11 is 0. The van der Waals surface area contributed by atoms with E-state index in [0.717, 1.165) is 94.9 Å². The van der Waals surface area contributed by atoms with Gasteiger partial charge in [0.25, 0.3) is 5.91 Å². The number of rotatable bonds is 6. The van der Waals surface area contributed by atoms with Gasteiger partial charge in [-0.2, -0.15) is 0 Å². The van der Waals surface area contributed by atoms with Crippen molar-refractivity contribution in [3.63, 3.8) is 0 Å². The summed E-state index contributed by atoms with van der Waals surface area (Å²) in [7, 11) is 0. The molecular formula is C31H40FN5O2. The molecule has 1 aliphatic carbocycles. The molecule has 4 aliphatic rings.